The van der Waals surface area contributed by atoms with E-state index in [1.54, 1.807) is 18.2 Å². The molecule has 2 N–H and O–H groups in total. The first-order chi connectivity index (χ1) is 21.7. The van der Waals surface area contributed by atoms with E-state index < -0.39 is 25.1 Å². The van der Waals surface area contributed by atoms with Crippen molar-refractivity contribution in [2.75, 3.05) is 40.7 Å². The van der Waals surface area contributed by atoms with Crippen molar-refractivity contribution >= 4 is 11.6 Å². The van der Waals surface area contributed by atoms with Gasteiger partial charge in [0.2, 0.25) is 5.88 Å². The van der Waals surface area contributed by atoms with Gasteiger partial charge in [-0.05, 0) is 49.7 Å². The monoisotopic (exact) mass is 648 g/mol. The molecule has 4 aromatic rings. The van der Waals surface area contributed by atoms with Gasteiger partial charge in [-0.3, -0.25) is 13.8 Å². The van der Waals surface area contributed by atoms with Crippen molar-refractivity contribution in [3.05, 3.63) is 82.5 Å². The molecule has 0 atom stereocenters. The van der Waals surface area contributed by atoms with Crippen LogP contribution in [0.5, 0.6) is 11.6 Å². The molecule has 0 spiro atoms. The van der Waals surface area contributed by atoms with Crippen molar-refractivity contribution in [3.8, 4) is 45.3 Å². The molecule has 0 saturated heterocycles. The number of methoxy groups -OCH3 is 2. The van der Waals surface area contributed by atoms with Gasteiger partial charge in [0.1, 0.15) is 5.75 Å². The second kappa shape index (κ2) is 16.0. The first-order valence-corrected chi connectivity index (χ1v) is 14.7. The molecule has 2 heterocycles. The van der Waals surface area contributed by atoms with Crippen molar-refractivity contribution in [1.82, 2.24) is 20.6 Å². The minimum absolute atomic E-state index is 0.0382. The Bertz CT molecular complexity index is 1590. The fourth-order valence-corrected chi connectivity index (χ4v) is 5.27. The molecule has 0 aliphatic rings. The quantitative estimate of drug-likeness (QED) is 0.100. The molecule has 0 bridgehead atoms. The standard InChI is InChI=1S/C33H34ClF5N4O2/c1-44-28-18-21(8-9-22(28)19-40-15-4-13-35)31-30(34)25(12-17-42-31)24-6-3-7-26(29(24)33(37,38)39)27-11-10-23(32(43-27)45-2)20-41-16-5-14-36/h3,6-12,17-18,40-41H,4-5,13-16,19-20H2,1-2H3. The van der Waals surface area contributed by atoms with E-state index in [4.69, 9.17) is 21.1 Å². The summed E-state index contributed by atoms with van der Waals surface area (Å²) in [5.74, 6) is 0.695. The Balaban J connectivity index is 1.75. The Hall–Kier alpha value is -3.80. The highest BCUT2D eigenvalue weighted by molar-refractivity contribution is 6.35. The lowest BCUT2D eigenvalue weighted by Crippen LogP contribution is -2.16. The predicted octanol–water partition coefficient (Wildman–Crippen LogP) is 8.07. The number of alkyl halides is 5. The lowest BCUT2D eigenvalue weighted by atomic mass is 9.92. The molecule has 0 aliphatic heterocycles. The van der Waals surface area contributed by atoms with Gasteiger partial charge in [-0.25, -0.2) is 4.98 Å². The molecular weight excluding hydrogens is 615 g/mol. The molecule has 0 unspecified atom stereocenters. The minimum atomic E-state index is -4.76. The summed E-state index contributed by atoms with van der Waals surface area (Å²) in [6.07, 6.45) is -2.62. The lowest BCUT2D eigenvalue weighted by molar-refractivity contribution is -0.136. The summed E-state index contributed by atoms with van der Waals surface area (Å²) in [7, 11) is 2.90. The maximum atomic E-state index is 14.8. The fraction of sp³-hybridized carbons (Fsp3) is 0.333. The molecule has 2 aromatic carbocycles. The van der Waals surface area contributed by atoms with Crippen LogP contribution in [0.25, 0.3) is 33.6 Å². The van der Waals surface area contributed by atoms with Gasteiger partial charge in [0.25, 0.3) is 0 Å². The van der Waals surface area contributed by atoms with Gasteiger partial charge < -0.3 is 20.1 Å². The second-order valence-corrected chi connectivity index (χ2v) is 10.5. The van der Waals surface area contributed by atoms with Crippen molar-refractivity contribution in [3.63, 3.8) is 0 Å². The third-order valence-electron chi connectivity index (χ3n) is 7.10. The van der Waals surface area contributed by atoms with Crippen LogP contribution in [-0.2, 0) is 19.3 Å². The van der Waals surface area contributed by atoms with E-state index in [1.165, 1.54) is 50.7 Å². The molecule has 0 radical (unpaired) electrons. The number of hydrogen-bond acceptors (Lipinski definition) is 6. The van der Waals surface area contributed by atoms with Gasteiger partial charge in [-0.15, -0.1) is 0 Å². The SMILES string of the molecule is COc1cc(-c2nccc(-c3cccc(-c4ccc(CNCCCF)c(OC)n4)c3C(F)(F)F)c2Cl)ccc1CNCCCF. The lowest BCUT2D eigenvalue weighted by Gasteiger charge is -2.20. The number of benzene rings is 2. The first-order valence-electron chi connectivity index (χ1n) is 14.3. The Morgan fingerprint density at radius 2 is 1.47 bits per heavy atom. The summed E-state index contributed by atoms with van der Waals surface area (Å²) >= 11 is 6.81. The number of ether oxygens (including phenoxy) is 2. The van der Waals surface area contributed by atoms with Crippen LogP contribution in [0, 0.1) is 0 Å². The van der Waals surface area contributed by atoms with Crippen LogP contribution in [0.3, 0.4) is 0 Å². The summed E-state index contributed by atoms with van der Waals surface area (Å²) in [4.78, 5) is 8.78. The zero-order chi connectivity index (χ0) is 32.4. The van der Waals surface area contributed by atoms with E-state index in [0.717, 1.165) is 5.56 Å². The van der Waals surface area contributed by atoms with Gasteiger partial charge in [0.15, 0.2) is 0 Å². The van der Waals surface area contributed by atoms with E-state index >= 15 is 0 Å². The van der Waals surface area contributed by atoms with Crippen LogP contribution >= 0.6 is 11.6 Å². The van der Waals surface area contributed by atoms with Gasteiger partial charge in [0, 0.05) is 47.1 Å². The Morgan fingerprint density at radius 3 is 2.11 bits per heavy atom. The van der Waals surface area contributed by atoms with Gasteiger partial charge in [-0.2, -0.15) is 13.2 Å². The first kappa shape index (κ1) is 34.1. The number of hydrogen-bond donors (Lipinski definition) is 2. The molecule has 0 aliphatic carbocycles. The van der Waals surface area contributed by atoms with Crippen LogP contribution in [0.15, 0.2) is 60.8 Å². The number of halogens is 6. The zero-order valence-electron chi connectivity index (χ0n) is 24.9. The van der Waals surface area contributed by atoms with Crippen molar-refractivity contribution in [2.45, 2.75) is 32.1 Å². The molecular formula is C33H34ClF5N4O2. The van der Waals surface area contributed by atoms with E-state index in [0.29, 0.717) is 55.9 Å². The second-order valence-electron chi connectivity index (χ2n) is 10.1. The molecule has 12 heteroatoms. The number of pyridine rings is 2. The Labute approximate surface area is 264 Å². The van der Waals surface area contributed by atoms with E-state index in [-0.39, 0.29) is 39.0 Å². The van der Waals surface area contributed by atoms with Crippen LogP contribution < -0.4 is 20.1 Å². The highest BCUT2D eigenvalue weighted by Crippen LogP contribution is 2.46. The molecule has 2 aromatic heterocycles. The molecule has 240 valence electrons. The average molecular weight is 649 g/mol. The molecule has 0 fully saturated rings. The fourth-order valence-electron chi connectivity index (χ4n) is 4.95. The van der Waals surface area contributed by atoms with Crippen LogP contribution in [-0.4, -0.2) is 50.6 Å². The third-order valence-corrected chi connectivity index (χ3v) is 7.48. The Morgan fingerprint density at radius 1 is 0.800 bits per heavy atom. The Kier molecular flexibility index (Phi) is 12.1. The number of aromatic nitrogens is 2. The number of nitrogens with one attached hydrogen (secondary N) is 2. The van der Waals surface area contributed by atoms with Crippen molar-refractivity contribution < 1.29 is 31.4 Å². The molecule has 0 saturated carbocycles. The van der Waals surface area contributed by atoms with Crippen LogP contribution in [0.1, 0.15) is 29.5 Å². The zero-order valence-corrected chi connectivity index (χ0v) is 25.7. The minimum Gasteiger partial charge on any atom is -0.496 e. The maximum absolute atomic E-state index is 14.8. The van der Waals surface area contributed by atoms with E-state index in [9.17, 15) is 22.0 Å². The third kappa shape index (κ3) is 8.27. The maximum Gasteiger partial charge on any atom is 0.417 e. The predicted molar refractivity (Wildman–Crippen MR) is 166 cm³/mol. The summed E-state index contributed by atoms with van der Waals surface area (Å²) in [6, 6.07) is 14.1. The average Bonchev–Trinajstić information content (AvgIpc) is 3.04. The number of nitrogens with zero attached hydrogens (tertiary/aromatic N) is 2. The normalized spacial score (nSPS) is 11.6. The van der Waals surface area contributed by atoms with E-state index in [2.05, 4.69) is 20.6 Å². The summed E-state index contributed by atoms with van der Waals surface area (Å²) in [5, 5.41) is 6.25. The smallest absolute Gasteiger partial charge is 0.417 e. The summed E-state index contributed by atoms with van der Waals surface area (Å²) in [5.41, 5.74) is 1.33. The van der Waals surface area contributed by atoms with Gasteiger partial charge >= 0.3 is 6.18 Å². The van der Waals surface area contributed by atoms with Gasteiger partial charge in [-0.1, -0.05) is 48.0 Å². The molecule has 6 nitrogen and oxygen atoms in total. The van der Waals surface area contributed by atoms with Crippen molar-refractivity contribution in [1.29, 1.82) is 0 Å². The van der Waals surface area contributed by atoms with Crippen molar-refractivity contribution in [2.24, 2.45) is 0 Å². The molecule has 4 rings (SSSR count). The van der Waals surface area contributed by atoms with Crippen LogP contribution in [0.2, 0.25) is 5.02 Å². The van der Waals surface area contributed by atoms with Gasteiger partial charge in [0.05, 0.1) is 49.5 Å². The summed E-state index contributed by atoms with van der Waals surface area (Å²) < 4.78 is 80.3. The highest BCUT2D eigenvalue weighted by atomic mass is 35.5. The summed E-state index contributed by atoms with van der Waals surface area (Å²) in [6.45, 7) is 0.833. The van der Waals surface area contributed by atoms with Crippen LogP contribution in [0.4, 0.5) is 22.0 Å². The molecule has 45 heavy (non-hydrogen) atoms. The molecule has 0 amide bonds. The topological polar surface area (TPSA) is 68.3 Å². The largest absolute Gasteiger partial charge is 0.496 e. The number of rotatable bonds is 15. The van der Waals surface area contributed by atoms with E-state index in [1.807, 2.05) is 6.07 Å². The highest BCUT2D eigenvalue weighted by Gasteiger charge is 2.38.